The van der Waals surface area contributed by atoms with Crippen molar-refractivity contribution in [2.75, 3.05) is 22.1 Å². The molecule has 2 aromatic carbocycles. The number of carbonyl (C=O) groups excluding carboxylic acids is 4. The van der Waals surface area contributed by atoms with Crippen molar-refractivity contribution in [2.24, 2.45) is 0 Å². The molecule has 26 nitrogen and oxygen atoms in total. The third kappa shape index (κ3) is 12.9. The number of benzene rings is 2. The van der Waals surface area contributed by atoms with Crippen molar-refractivity contribution in [3.63, 3.8) is 0 Å². The normalized spacial score (nSPS) is 11.8. The third-order valence-electron chi connectivity index (χ3n) is 9.01. The van der Waals surface area contributed by atoms with E-state index in [-0.39, 0.29) is 71.3 Å². The van der Waals surface area contributed by atoms with E-state index in [0.29, 0.717) is 22.8 Å². The van der Waals surface area contributed by atoms with E-state index in [1.54, 1.807) is 24.3 Å². The zero-order chi connectivity index (χ0) is 46.6. The van der Waals surface area contributed by atoms with Gasteiger partial charge in [-0.15, -0.1) is 0 Å². The summed E-state index contributed by atoms with van der Waals surface area (Å²) in [5.41, 5.74) is 12.4. The SMILES string of the molecule is Nc1nc2ncc(CNc3ccc(C(=O)N[C@@H](CCC(=O)[O][Pb][O]C(=O)CC[C@H](NC(=O)c4ccc(NCc5cnc6nc(N)[nH]c(=O)c6n5)cc4)C(=O)O)C(=O)O)cc3)nc2c(=O)[nH]1. The summed E-state index contributed by atoms with van der Waals surface area (Å²) in [6.07, 6.45) is 1.29. The molecule has 0 aliphatic heterocycles. The second kappa shape index (κ2) is 21.3. The van der Waals surface area contributed by atoms with Crippen LogP contribution in [0, 0.1) is 0 Å². The number of anilines is 4. The molecule has 0 aliphatic carbocycles. The Morgan fingerprint density at radius 3 is 1.37 bits per heavy atom. The average molecular weight is 1090 g/mol. The van der Waals surface area contributed by atoms with E-state index in [1.165, 1.54) is 36.7 Å². The monoisotopic (exact) mass is 1090 g/mol. The van der Waals surface area contributed by atoms with Gasteiger partial charge in [-0.3, -0.25) is 19.6 Å². The van der Waals surface area contributed by atoms with Crippen LogP contribution in [0.3, 0.4) is 0 Å². The summed E-state index contributed by atoms with van der Waals surface area (Å²) in [7, 11) is 0. The number of carboxylic acids is 2. The summed E-state index contributed by atoms with van der Waals surface area (Å²) in [6, 6.07) is 9.07. The van der Waals surface area contributed by atoms with E-state index in [2.05, 4.69) is 61.1 Å². The number of nitrogens with zero attached hydrogens (tertiary/aromatic N) is 6. The number of nitrogens with one attached hydrogen (secondary N) is 6. The molecular weight excluding hydrogens is 1050 g/mol. The van der Waals surface area contributed by atoms with Crippen molar-refractivity contribution >= 4 is 106 Å². The predicted molar refractivity (Wildman–Crippen MR) is 226 cm³/mol. The molecule has 0 unspecified atom stereocenters. The van der Waals surface area contributed by atoms with Crippen LogP contribution in [-0.4, -0.2) is 123 Å². The van der Waals surface area contributed by atoms with Crippen LogP contribution in [0.2, 0.25) is 0 Å². The summed E-state index contributed by atoms with van der Waals surface area (Å²) in [5.74, 6) is -6.18. The number of aliphatic carboxylic acids is 2. The molecule has 6 rings (SSSR count). The molecule has 6 aromatic rings. The van der Waals surface area contributed by atoms with E-state index in [4.69, 9.17) is 16.8 Å². The number of hydrogen-bond donors (Lipinski definition) is 10. The van der Waals surface area contributed by atoms with Gasteiger partial charge < -0.3 is 11.5 Å². The van der Waals surface area contributed by atoms with Crippen LogP contribution in [0.1, 0.15) is 57.8 Å². The van der Waals surface area contributed by atoms with E-state index in [0.717, 1.165) is 0 Å². The Balaban J connectivity index is 0.877. The number of fused-ring (bicyclic) bond motifs is 2. The number of rotatable bonds is 20. The van der Waals surface area contributed by atoms with Gasteiger partial charge in [0, 0.05) is 0 Å². The summed E-state index contributed by atoms with van der Waals surface area (Å²) in [6.45, 7) is 0.327. The largest absolute Gasteiger partial charge is 0.291 e. The summed E-state index contributed by atoms with van der Waals surface area (Å²) >= 11 is -2.82. The Morgan fingerprint density at radius 1 is 0.615 bits per heavy atom. The van der Waals surface area contributed by atoms with Crippen molar-refractivity contribution in [3.05, 3.63) is 104 Å². The van der Waals surface area contributed by atoms with E-state index >= 15 is 0 Å². The number of nitrogen functional groups attached to an aromatic ring is 2. The number of H-pyrrole nitrogens is 2. The van der Waals surface area contributed by atoms with Gasteiger partial charge in [-0.05, 0) is 0 Å². The van der Waals surface area contributed by atoms with Gasteiger partial charge in [0.1, 0.15) is 0 Å². The molecule has 0 bridgehead atoms. The first-order valence-electron chi connectivity index (χ1n) is 19.0. The van der Waals surface area contributed by atoms with Crippen molar-refractivity contribution < 1.29 is 44.4 Å². The van der Waals surface area contributed by atoms with Crippen LogP contribution in [0.5, 0.6) is 0 Å². The van der Waals surface area contributed by atoms with Crippen molar-refractivity contribution in [1.29, 1.82) is 0 Å². The second-order valence-corrected chi connectivity index (χ2v) is 15.9. The van der Waals surface area contributed by atoms with Gasteiger partial charge >= 0.3 is 235 Å². The van der Waals surface area contributed by atoms with Crippen LogP contribution in [0.15, 0.2) is 70.5 Å². The minimum Gasteiger partial charge on any atom is -0.291 e. The van der Waals surface area contributed by atoms with E-state index in [9.17, 15) is 48.6 Å². The zero-order valence-corrected chi connectivity index (χ0v) is 37.4. The van der Waals surface area contributed by atoms with Crippen LogP contribution < -0.4 is 43.9 Å². The number of aromatic amines is 2. The van der Waals surface area contributed by atoms with Crippen molar-refractivity contribution in [2.45, 2.75) is 50.9 Å². The molecule has 2 radical (unpaired) electrons. The van der Waals surface area contributed by atoms with Gasteiger partial charge in [0.2, 0.25) is 11.9 Å². The number of nitrogens with two attached hydrogens (primary N) is 2. The third-order valence-corrected chi connectivity index (χ3v) is 11.4. The number of aromatic nitrogens is 8. The summed E-state index contributed by atoms with van der Waals surface area (Å²) in [4.78, 5) is 127. The first kappa shape index (κ1) is 46.3. The Hall–Kier alpha value is -8.18. The van der Waals surface area contributed by atoms with Gasteiger partial charge in [-0.1, -0.05) is 0 Å². The Kier molecular flexibility index (Phi) is 15.2. The molecular formula is C38H36N14O12Pb. The smallest absolute Gasteiger partial charge is 0.280 e. The minimum atomic E-state index is -2.82. The number of amides is 2. The number of hydrogen-bond acceptors (Lipinski definition) is 20. The fraction of sp³-hybridized carbons (Fsp3) is 0.211. The first-order valence-corrected chi connectivity index (χ1v) is 22.2. The fourth-order valence-electron chi connectivity index (χ4n) is 5.71. The molecule has 65 heavy (non-hydrogen) atoms. The molecule has 2 atom stereocenters. The van der Waals surface area contributed by atoms with Gasteiger partial charge in [-0.2, -0.15) is 9.97 Å². The maximum absolute atomic E-state index is 12.8. The quantitative estimate of drug-likeness (QED) is 0.0426. The van der Waals surface area contributed by atoms with Crippen molar-refractivity contribution in [1.82, 2.24) is 50.5 Å². The zero-order valence-electron chi connectivity index (χ0n) is 33.5. The molecule has 4 aromatic heterocycles. The maximum Gasteiger partial charge on any atom is 0.280 e. The van der Waals surface area contributed by atoms with Gasteiger partial charge in [0.05, 0.1) is 36.9 Å². The molecule has 0 saturated heterocycles. The number of carbonyl (C=O) groups is 6. The van der Waals surface area contributed by atoms with Gasteiger partial charge in [-0.25, -0.2) is 19.9 Å². The molecule has 12 N–H and O–H groups in total. The topological polar surface area (TPSA) is 405 Å². The van der Waals surface area contributed by atoms with Gasteiger partial charge in [0.25, 0.3) is 11.1 Å². The molecule has 334 valence electrons. The standard InChI is InChI=1S/2C19H19N7O6.Pb/c2*20-19-25-15-14(17(30)26-19)23-11(8-22-15)7-21-10-3-1-9(2-4-10)16(29)24-12(18(31)32)5-6-13(27)28;/h2*1-4,8,12,21H,5-7H2,(H,24,29)(H,27,28)(H,31,32)(H3,20,22,25,26,30);/q;;+2/p-2/t2*12-;/m00./s1. The van der Waals surface area contributed by atoms with E-state index in [1.807, 2.05) is 0 Å². The molecule has 0 fully saturated rings. The van der Waals surface area contributed by atoms with E-state index < -0.39 is 96.9 Å². The Morgan fingerprint density at radius 2 is 1.00 bits per heavy atom. The summed E-state index contributed by atoms with van der Waals surface area (Å²) < 4.78 is 10.1. The summed E-state index contributed by atoms with van der Waals surface area (Å²) in [5, 5.41) is 30.1. The molecule has 2 amide bonds. The fourth-order valence-corrected chi connectivity index (χ4v) is 7.39. The molecule has 0 aliphatic rings. The number of carboxylic acid groups (broad SMARTS) is 2. The van der Waals surface area contributed by atoms with Crippen LogP contribution in [0.25, 0.3) is 22.3 Å². The molecule has 27 heteroatoms. The first-order chi connectivity index (χ1) is 31.1. The van der Waals surface area contributed by atoms with Gasteiger partial charge in [0.15, 0.2) is 22.3 Å². The maximum atomic E-state index is 12.8. The molecule has 0 saturated carbocycles. The predicted octanol–water partition coefficient (Wildman–Crippen LogP) is -0.625. The molecule has 0 spiro atoms. The molecule has 4 heterocycles. The second-order valence-electron chi connectivity index (χ2n) is 13.7. The van der Waals surface area contributed by atoms with Crippen molar-refractivity contribution in [3.8, 4) is 0 Å². The van der Waals surface area contributed by atoms with Crippen LogP contribution in [0.4, 0.5) is 23.3 Å². The van der Waals surface area contributed by atoms with Crippen LogP contribution in [-0.2, 0) is 37.6 Å². The Bertz CT molecular complexity index is 2700. The average Bonchev–Trinajstić information content (AvgIpc) is 3.27. The Labute approximate surface area is 376 Å². The minimum absolute atomic E-state index is 0.0121. The van der Waals surface area contributed by atoms with Crippen LogP contribution >= 0.6 is 0 Å².